The molecule has 1 heterocycles. The minimum absolute atomic E-state index is 0.0553. The molecule has 3 rings (SSSR count). The van der Waals surface area contributed by atoms with E-state index in [1.807, 2.05) is 17.5 Å². The largest absolute Gasteiger partial charge is 0.496 e. The van der Waals surface area contributed by atoms with Gasteiger partial charge in [0, 0.05) is 10.9 Å². The van der Waals surface area contributed by atoms with E-state index in [9.17, 15) is 13.2 Å². The maximum absolute atomic E-state index is 12.7. The van der Waals surface area contributed by atoms with E-state index < -0.39 is 15.9 Å². The molecule has 29 heavy (non-hydrogen) atoms. The standard InChI is InChI=1S/C20H21N3O4S2/c1-3-4-13-5-7-14(8-6-13)17-12-28-20(22-17)23-19(24)16-11-15(29(21,25)26)9-10-18(16)27-2/h5-12H,3-4H2,1-2H3,(H2,21,25,26)(H,22,23,24). The normalized spacial score (nSPS) is 11.3. The summed E-state index contributed by atoms with van der Waals surface area (Å²) in [6, 6.07) is 12.0. The molecule has 9 heteroatoms. The van der Waals surface area contributed by atoms with Gasteiger partial charge in [-0.3, -0.25) is 10.1 Å². The summed E-state index contributed by atoms with van der Waals surface area (Å²) in [6.07, 6.45) is 2.11. The number of primary sulfonamides is 1. The van der Waals surface area contributed by atoms with Crippen LogP contribution in [0.25, 0.3) is 11.3 Å². The number of rotatable bonds is 7. The molecule has 0 bridgehead atoms. The third-order valence-electron chi connectivity index (χ3n) is 4.26. The van der Waals surface area contributed by atoms with Crippen LogP contribution in [0.5, 0.6) is 5.75 Å². The molecule has 1 amide bonds. The first-order chi connectivity index (χ1) is 13.8. The minimum Gasteiger partial charge on any atom is -0.496 e. The maximum Gasteiger partial charge on any atom is 0.261 e. The van der Waals surface area contributed by atoms with Crippen LogP contribution >= 0.6 is 11.3 Å². The molecule has 0 saturated heterocycles. The first kappa shape index (κ1) is 21.0. The molecule has 0 radical (unpaired) electrons. The van der Waals surface area contributed by atoms with Crippen LogP contribution in [0.1, 0.15) is 29.3 Å². The van der Waals surface area contributed by atoms with Gasteiger partial charge in [-0.25, -0.2) is 18.5 Å². The van der Waals surface area contributed by atoms with Crippen molar-refractivity contribution in [2.45, 2.75) is 24.7 Å². The number of carbonyl (C=O) groups is 1. The molecule has 0 fully saturated rings. The summed E-state index contributed by atoms with van der Waals surface area (Å²) in [4.78, 5) is 17.0. The molecule has 3 aromatic rings. The summed E-state index contributed by atoms with van der Waals surface area (Å²) in [5, 5.41) is 10.1. The van der Waals surface area contributed by atoms with E-state index in [1.165, 1.54) is 42.2 Å². The zero-order valence-electron chi connectivity index (χ0n) is 16.0. The molecule has 0 aliphatic heterocycles. The lowest BCUT2D eigenvalue weighted by atomic mass is 10.1. The van der Waals surface area contributed by atoms with E-state index in [0.29, 0.717) is 5.13 Å². The van der Waals surface area contributed by atoms with Crippen LogP contribution in [-0.2, 0) is 16.4 Å². The summed E-state index contributed by atoms with van der Waals surface area (Å²) < 4.78 is 28.3. The van der Waals surface area contributed by atoms with Crippen molar-refractivity contribution in [1.82, 2.24) is 4.98 Å². The number of benzene rings is 2. The number of aryl methyl sites for hydroxylation is 1. The molecule has 0 unspecified atom stereocenters. The number of amides is 1. The van der Waals surface area contributed by atoms with Crippen LogP contribution < -0.4 is 15.2 Å². The van der Waals surface area contributed by atoms with E-state index in [4.69, 9.17) is 9.88 Å². The zero-order valence-corrected chi connectivity index (χ0v) is 17.6. The maximum atomic E-state index is 12.7. The van der Waals surface area contributed by atoms with E-state index in [1.54, 1.807) is 0 Å². The van der Waals surface area contributed by atoms with Gasteiger partial charge in [0.25, 0.3) is 5.91 Å². The van der Waals surface area contributed by atoms with E-state index in [-0.39, 0.29) is 16.2 Å². The Hall–Kier alpha value is -2.75. The van der Waals surface area contributed by atoms with Crippen molar-refractivity contribution in [2.75, 3.05) is 12.4 Å². The van der Waals surface area contributed by atoms with Gasteiger partial charge in [0.1, 0.15) is 5.75 Å². The van der Waals surface area contributed by atoms with Crippen LogP contribution in [0, 0.1) is 0 Å². The van der Waals surface area contributed by atoms with Crippen LogP contribution in [0.15, 0.2) is 52.7 Å². The monoisotopic (exact) mass is 431 g/mol. The van der Waals surface area contributed by atoms with Crippen molar-refractivity contribution in [3.8, 4) is 17.0 Å². The highest BCUT2D eigenvalue weighted by Gasteiger charge is 2.18. The smallest absolute Gasteiger partial charge is 0.261 e. The number of thiazole rings is 1. The Bertz CT molecular complexity index is 1120. The van der Waals surface area contributed by atoms with Gasteiger partial charge in [-0.1, -0.05) is 37.6 Å². The minimum atomic E-state index is -3.94. The molecule has 0 spiro atoms. The Balaban J connectivity index is 1.81. The van der Waals surface area contributed by atoms with Crippen molar-refractivity contribution in [3.05, 3.63) is 59.0 Å². The van der Waals surface area contributed by atoms with Gasteiger partial charge < -0.3 is 4.74 Å². The lowest BCUT2D eigenvalue weighted by Gasteiger charge is -2.09. The number of ether oxygens (including phenoxy) is 1. The molecular weight excluding hydrogens is 410 g/mol. The predicted molar refractivity (Wildman–Crippen MR) is 114 cm³/mol. The SMILES string of the molecule is CCCc1ccc(-c2csc(NC(=O)c3cc(S(N)(=O)=O)ccc3OC)n2)cc1. The van der Waals surface area contributed by atoms with Crippen molar-refractivity contribution in [2.24, 2.45) is 5.14 Å². The molecule has 0 atom stereocenters. The fourth-order valence-corrected chi connectivity index (χ4v) is 4.06. The van der Waals surface area contributed by atoms with E-state index in [0.717, 1.165) is 24.1 Å². The summed E-state index contributed by atoms with van der Waals surface area (Å²) in [5.74, 6) is -0.301. The number of hydrogen-bond donors (Lipinski definition) is 2. The Morgan fingerprint density at radius 2 is 1.93 bits per heavy atom. The summed E-state index contributed by atoms with van der Waals surface area (Å²) in [7, 11) is -2.55. The molecule has 2 aromatic carbocycles. The number of nitrogens with two attached hydrogens (primary N) is 1. The second kappa shape index (κ2) is 8.73. The highest BCUT2D eigenvalue weighted by atomic mass is 32.2. The molecular formula is C20H21N3O4S2. The van der Waals surface area contributed by atoms with Gasteiger partial charge in [-0.2, -0.15) is 0 Å². The topological polar surface area (TPSA) is 111 Å². The third kappa shape index (κ3) is 5.00. The van der Waals surface area contributed by atoms with Crippen molar-refractivity contribution >= 4 is 32.4 Å². The van der Waals surface area contributed by atoms with Gasteiger partial charge >= 0.3 is 0 Å². The lowest BCUT2D eigenvalue weighted by Crippen LogP contribution is -2.16. The molecule has 3 N–H and O–H groups in total. The Kier molecular flexibility index (Phi) is 6.31. The fraction of sp³-hybridized carbons (Fsp3) is 0.200. The number of methoxy groups -OCH3 is 1. The number of hydrogen-bond acceptors (Lipinski definition) is 6. The molecule has 7 nitrogen and oxygen atoms in total. The third-order valence-corrected chi connectivity index (χ3v) is 5.93. The predicted octanol–water partition coefficient (Wildman–Crippen LogP) is 3.67. The van der Waals surface area contributed by atoms with Crippen molar-refractivity contribution in [1.29, 1.82) is 0 Å². The summed E-state index contributed by atoms with van der Waals surface area (Å²) >= 11 is 1.28. The van der Waals surface area contributed by atoms with Crippen molar-refractivity contribution in [3.63, 3.8) is 0 Å². The van der Waals surface area contributed by atoms with Crippen LogP contribution in [0.4, 0.5) is 5.13 Å². The highest BCUT2D eigenvalue weighted by molar-refractivity contribution is 7.89. The quantitative estimate of drug-likeness (QED) is 0.593. The number of sulfonamides is 1. The van der Waals surface area contributed by atoms with E-state index in [2.05, 4.69) is 29.4 Å². The number of aromatic nitrogens is 1. The number of nitrogens with one attached hydrogen (secondary N) is 1. The molecule has 152 valence electrons. The number of carbonyl (C=O) groups excluding carboxylic acids is 1. The summed E-state index contributed by atoms with van der Waals surface area (Å²) in [5.41, 5.74) is 3.02. The van der Waals surface area contributed by atoms with Gasteiger partial charge in [0.2, 0.25) is 10.0 Å². The second-order valence-corrected chi connectivity index (χ2v) is 8.77. The number of anilines is 1. The average molecular weight is 432 g/mol. The molecule has 0 aliphatic carbocycles. The number of nitrogens with zero attached hydrogens (tertiary/aromatic N) is 1. The molecule has 0 aliphatic rings. The Morgan fingerprint density at radius 1 is 1.21 bits per heavy atom. The van der Waals surface area contributed by atoms with Gasteiger partial charge in [0.15, 0.2) is 5.13 Å². The molecule has 0 saturated carbocycles. The molecule has 1 aromatic heterocycles. The van der Waals surface area contributed by atoms with Gasteiger partial charge in [0.05, 0.1) is 23.3 Å². The fourth-order valence-electron chi connectivity index (χ4n) is 2.80. The van der Waals surface area contributed by atoms with Crippen LogP contribution in [-0.4, -0.2) is 26.4 Å². The highest BCUT2D eigenvalue weighted by Crippen LogP contribution is 2.27. The second-order valence-electron chi connectivity index (χ2n) is 6.35. The van der Waals surface area contributed by atoms with Crippen LogP contribution in [0.2, 0.25) is 0 Å². The first-order valence-electron chi connectivity index (χ1n) is 8.89. The van der Waals surface area contributed by atoms with Gasteiger partial charge in [-0.05, 0) is 30.2 Å². The van der Waals surface area contributed by atoms with Crippen molar-refractivity contribution < 1.29 is 17.9 Å². The van der Waals surface area contributed by atoms with E-state index >= 15 is 0 Å². The average Bonchev–Trinajstić information content (AvgIpc) is 3.16. The zero-order chi connectivity index (χ0) is 21.0. The lowest BCUT2D eigenvalue weighted by molar-refractivity contribution is 0.102. The Morgan fingerprint density at radius 3 is 2.55 bits per heavy atom. The summed E-state index contributed by atoms with van der Waals surface area (Å²) in [6.45, 7) is 2.14. The van der Waals surface area contributed by atoms with Crippen LogP contribution in [0.3, 0.4) is 0 Å². The van der Waals surface area contributed by atoms with Gasteiger partial charge in [-0.15, -0.1) is 11.3 Å². The Labute approximate surface area is 173 Å². The first-order valence-corrected chi connectivity index (χ1v) is 11.3.